The summed E-state index contributed by atoms with van der Waals surface area (Å²) in [4.78, 5) is 24.6. The number of benzene rings is 3. The molecule has 0 radical (unpaired) electrons. The summed E-state index contributed by atoms with van der Waals surface area (Å²) in [7, 11) is 0. The molecule has 188 valence electrons. The lowest BCUT2D eigenvalue weighted by Gasteiger charge is -2.16. The van der Waals surface area contributed by atoms with E-state index in [0.29, 0.717) is 22.4 Å². The van der Waals surface area contributed by atoms with Gasteiger partial charge >= 0.3 is 17.6 Å². The highest BCUT2D eigenvalue weighted by molar-refractivity contribution is 5.69. The number of alkyl halides is 3. The third-order valence-corrected chi connectivity index (χ3v) is 5.18. The number of aliphatic hydroxyl groups excluding tert-OH is 1. The molecule has 0 atom stereocenters. The van der Waals surface area contributed by atoms with E-state index in [0.717, 1.165) is 10.8 Å². The maximum Gasteiger partial charge on any atom is 0.440 e. The molecule has 0 aliphatic heterocycles. The van der Waals surface area contributed by atoms with Crippen molar-refractivity contribution in [1.82, 2.24) is 9.72 Å². The van der Waals surface area contributed by atoms with Gasteiger partial charge in [-0.2, -0.15) is 13.2 Å². The van der Waals surface area contributed by atoms with E-state index in [1.807, 2.05) is 4.98 Å². The normalized spacial score (nSPS) is 11.4. The Balaban J connectivity index is 1.47. The van der Waals surface area contributed by atoms with E-state index in [1.54, 1.807) is 48.5 Å². The van der Waals surface area contributed by atoms with E-state index in [4.69, 9.17) is 19.1 Å². The number of nitrogens with zero attached hydrogens (tertiary/aromatic N) is 1. The lowest BCUT2D eigenvalue weighted by Crippen LogP contribution is -2.17. The highest BCUT2D eigenvalue weighted by Gasteiger charge is 2.34. The van der Waals surface area contributed by atoms with Gasteiger partial charge in [0.05, 0.1) is 18.7 Å². The van der Waals surface area contributed by atoms with Crippen LogP contribution in [-0.4, -0.2) is 28.0 Å². The van der Waals surface area contributed by atoms with Gasteiger partial charge in [-0.15, -0.1) is 4.74 Å². The Kier molecular flexibility index (Phi) is 7.30. The van der Waals surface area contributed by atoms with Gasteiger partial charge in [-0.1, -0.05) is 36.4 Å². The predicted octanol–water partition coefficient (Wildman–Crippen LogP) is 3.81. The maximum atomic E-state index is 13.7. The quantitative estimate of drug-likeness (QED) is 0.361. The van der Waals surface area contributed by atoms with Gasteiger partial charge in [-0.3, -0.25) is 0 Å². The van der Waals surface area contributed by atoms with Crippen LogP contribution in [0.15, 0.2) is 80.8 Å². The molecule has 2 N–H and O–H groups in total. The van der Waals surface area contributed by atoms with E-state index in [1.165, 1.54) is 12.1 Å². The summed E-state index contributed by atoms with van der Waals surface area (Å²) in [5.74, 6) is -0.310. The van der Waals surface area contributed by atoms with Crippen LogP contribution in [0.1, 0.15) is 16.7 Å². The number of halogens is 3. The van der Waals surface area contributed by atoms with E-state index in [9.17, 15) is 22.8 Å². The van der Waals surface area contributed by atoms with Crippen LogP contribution in [0.25, 0.3) is 11.1 Å². The van der Waals surface area contributed by atoms with Gasteiger partial charge in [-0.05, 0) is 52.6 Å². The molecule has 3 aromatic carbocycles. The first kappa shape index (κ1) is 24.9. The van der Waals surface area contributed by atoms with Crippen molar-refractivity contribution in [1.29, 1.82) is 0 Å². The fourth-order valence-corrected chi connectivity index (χ4v) is 3.53. The average molecular weight is 502 g/mol. The lowest BCUT2D eigenvalue weighted by atomic mass is 9.97. The molecule has 0 bridgehead atoms. The first-order valence-corrected chi connectivity index (χ1v) is 10.8. The van der Waals surface area contributed by atoms with Crippen LogP contribution in [-0.2, 0) is 19.3 Å². The molecule has 0 unspecified atom stereocenters. The molecule has 0 aliphatic carbocycles. The molecule has 0 amide bonds. The second kappa shape index (κ2) is 10.6. The molecule has 4 rings (SSSR count). The number of hydrogen-bond acceptors (Lipinski definition) is 6. The Morgan fingerprint density at radius 2 is 1.67 bits per heavy atom. The maximum absolute atomic E-state index is 13.7. The fraction of sp³-hybridized carbons (Fsp3) is 0.200. The molecule has 1 aromatic heterocycles. The fourth-order valence-electron chi connectivity index (χ4n) is 3.53. The third-order valence-electron chi connectivity index (χ3n) is 5.18. The predicted molar refractivity (Wildman–Crippen MR) is 123 cm³/mol. The largest absolute Gasteiger partial charge is 0.491 e. The smallest absolute Gasteiger partial charge is 0.440 e. The number of aliphatic hydroxyl groups is 1. The summed E-state index contributed by atoms with van der Waals surface area (Å²) in [6, 6.07) is 17.0. The number of ether oxygens (including phenoxy) is 2. The SMILES string of the molecule is O=c1[nH]c(=O)n(Cc2ccc(OCc3cccc(-c4ccc(OCCO)cc4C(F)(F)F)c3)cc2)o1. The zero-order valence-electron chi connectivity index (χ0n) is 18.7. The summed E-state index contributed by atoms with van der Waals surface area (Å²) in [6.07, 6.45) is -4.60. The zero-order chi connectivity index (χ0) is 25.7. The number of aromatic amines is 1. The van der Waals surface area contributed by atoms with E-state index < -0.39 is 23.2 Å². The molecular weight excluding hydrogens is 481 g/mol. The molecule has 0 saturated carbocycles. The Labute approximate surface area is 202 Å². The van der Waals surface area contributed by atoms with Crippen LogP contribution in [0.4, 0.5) is 13.2 Å². The van der Waals surface area contributed by atoms with Crippen LogP contribution >= 0.6 is 0 Å². The summed E-state index contributed by atoms with van der Waals surface area (Å²) >= 11 is 0. The number of H-pyrrole nitrogens is 1. The van der Waals surface area contributed by atoms with Gasteiger partial charge in [0.15, 0.2) is 0 Å². The van der Waals surface area contributed by atoms with Crippen molar-refractivity contribution in [3.05, 3.63) is 104 Å². The van der Waals surface area contributed by atoms with Crippen molar-refractivity contribution >= 4 is 0 Å². The van der Waals surface area contributed by atoms with Crippen LogP contribution in [0, 0.1) is 0 Å². The Morgan fingerprint density at radius 1 is 0.917 bits per heavy atom. The van der Waals surface area contributed by atoms with Crippen LogP contribution in [0.3, 0.4) is 0 Å². The topological polar surface area (TPSA) is 107 Å². The minimum atomic E-state index is -4.60. The monoisotopic (exact) mass is 502 g/mol. The van der Waals surface area contributed by atoms with E-state index in [2.05, 4.69) is 0 Å². The molecule has 11 heteroatoms. The lowest BCUT2D eigenvalue weighted by molar-refractivity contribution is -0.137. The van der Waals surface area contributed by atoms with Gasteiger partial charge in [0, 0.05) is 0 Å². The highest BCUT2D eigenvalue weighted by Crippen LogP contribution is 2.39. The summed E-state index contributed by atoms with van der Waals surface area (Å²) in [6.45, 7) is -0.242. The van der Waals surface area contributed by atoms with Crippen molar-refractivity contribution in [3.8, 4) is 22.6 Å². The van der Waals surface area contributed by atoms with Crippen molar-refractivity contribution in [2.45, 2.75) is 19.3 Å². The van der Waals surface area contributed by atoms with E-state index in [-0.39, 0.29) is 37.7 Å². The van der Waals surface area contributed by atoms with Gasteiger partial charge in [0.1, 0.15) is 24.7 Å². The molecule has 0 aliphatic rings. The van der Waals surface area contributed by atoms with Gasteiger partial charge in [0.2, 0.25) is 0 Å². The Bertz CT molecular complexity index is 1440. The standard InChI is InChI=1S/C25H21F3N2O6/c26-25(27,28)22-13-20(34-11-10-31)8-9-21(22)18-3-1-2-17(12-18)15-35-19-6-4-16(5-7-19)14-30-23(32)29-24(33)36-30/h1-9,12-13,31H,10-11,14-15H2,(H,29,32,33). The Morgan fingerprint density at radius 3 is 2.33 bits per heavy atom. The molecule has 1 heterocycles. The zero-order valence-corrected chi connectivity index (χ0v) is 18.7. The van der Waals surface area contributed by atoms with Crippen molar-refractivity contribution in [2.75, 3.05) is 13.2 Å². The first-order valence-electron chi connectivity index (χ1n) is 10.8. The third kappa shape index (κ3) is 6.05. The van der Waals surface area contributed by atoms with Crippen molar-refractivity contribution in [2.24, 2.45) is 0 Å². The van der Waals surface area contributed by atoms with Crippen LogP contribution in [0.5, 0.6) is 11.5 Å². The van der Waals surface area contributed by atoms with Crippen LogP contribution < -0.4 is 20.9 Å². The van der Waals surface area contributed by atoms with Gasteiger partial charge < -0.3 is 19.1 Å². The molecule has 0 spiro atoms. The second-order valence-corrected chi connectivity index (χ2v) is 7.76. The minimum Gasteiger partial charge on any atom is -0.491 e. The average Bonchev–Trinajstić information content (AvgIpc) is 3.18. The second-order valence-electron chi connectivity index (χ2n) is 7.76. The molecule has 0 fully saturated rings. The molecule has 0 saturated heterocycles. The first-order chi connectivity index (χ1) is 17.2. The number of hydrogen-bond donors (Lipinski definition) is 2. The highest BCUT2D eigenvalue weighted by atomic mass is 19.4. The molecule has 8 nitrogen and oxygen atoms in total. The molecule has 4 aromatic rings. The van der Waals surface area contributed by atoms with Crippen molar-refractivity contribution in [3.63, 3.8) is 0 Å². The number of nitrogens with one attached hydrogen (secondary N) is 1. The summed E-state index contributed by atoms with van der Waals surface area (Å²) in [5, 5.41) is 8.85. The number of rotatable bonds is 9. The summed E-state index contributed by atoms with van der Waals surface area (Å²) < 4.78 is 57.7. The number of aromatic nitrogens is 2. The van der Waals surface area contributed by atoms with Crippen LogP contribution in [0.2, 0.25) is 0 Å². The minimum absolute atomic E-state index is 0.00305. The molecule has 36 heavy (non-hydrogen) atoms. The summed E-state index contributed by atoms with van der Waals surface area (Å²) in [5.41, 5.74) is 0.221. The molecular formula is C25H21F3N2O6. The van der Waals surface area contributed by atoms with Gasteiger partial charge in [0.25, 0.3) is 0 Å². The Hall–Kier alpha value is -4.25. The van der Waals surface area contributed by atoms with E-state index >= 15 is 0 Å². The van der Waals surface area contributed by atoms with Crippen molar-refractivity contribution < 1.29 is 32.3 Å². The van der Waals surface area contributed by atoms with Gasteiger partial charge in [-0.25, -0.2) is 14.6 Å².